The Morgan fingerprint density at radius 1 is 1.24 bits per heavy atom. The molecule has 3 N–H and O–H groups in total. The van der Waals surface area contributed by atoms with E-state index >= 15 is 0 Å². The predicted molar refractivity (Wildman–Crippen MR) is 98.5 cm³/mol. The number of nitrogens with one attached hydrogen (secondary N) is 2. The smallest absolute Gasteiger partial charge is 0.313 e. The van der Waals surface area contributed by atoms with E-state index in [0.717, 1.165) is 5.56 Å². The molecule has 0 aliphatic heterocycles. The highest BCUT2D eigenvalue weighted by molar-refractivity contribution is 7.99. The normalized spacial score (nSPS) is 10.5. The number of anilines is 1. The van der Waals surface area contributed by atoms with Gasteiger partial charge in [0.15, 0.2) is 5.78 Å². The van der Waals surface area contributed by atoms with Crippen LogP contribution in [0.5, 0.6) is 0 Å². The Labute approximate surface area is 150 Å². The molecule has 1 aromatic heterocycles. The van der Waals surface area contributed by atoms with Crippen LogP contribution in [0, 0.1) is 13.8 Å². The molecule has 0 aliphatic rings. The Balaban J connectivity index is 2.12. The average Bonchev–Trinajstić information content (AvgIpc) is 2.82. The van der Waals surface area contributed by atoms with Crippen molar-refractivity contribution in [3.05, 3.63) is 52.3 Å². The van der Waals surface area contributed by atoms with Crippen LogP contribution >= 0.6 is 11.8 Å². The summed E-state index contributed by atoms with van der Waals surface area (Å²) < 4.78 is 0. The second kappa shape index (κ2) is 8.02. The van der Waals surface area contributed by atoms with Crippen LogP contribution in [0.3, 0.4) is 0 Å². The number of carbonyl (C=O) groups is 3. The van der Waals surface area contributed by atoms with Gasteiger partial charge in [0.25, 0.3) is 5.91 Å². The highest BCUT2D eigenvalue weighted by Crippen LogP contribution is 2.21. The maximum atomic E-state index is 12.5. The lowest BCUT2D eigenvalue weighted by Crippen LogP contribution is -2.14. The van der Waals surface area contributed by atoms with Crippen LogP contribution in [0.15, 0.2) is 24.3 Å². The molecule has 0 radical (unpaired) electrons. The van der Waals surface area contributed by atoms with Gasteiger partial charge >= 0.3 is 5.97 Å². The zero-order valence-corrected chi connectivity index (χ0v) is 15.1. The summed E-state index contributed by atoms with van der Waals surface area (Å²) in [5.74, 6) is -0.671. The monoisotopic (exact) mass is 360 g/mol. The number of hydrogen-bond donors (Lipinski definition) is 3. The molecular weight excluding hydrogens is 340 g/mol. The molecule has 1 amide bonds. The summed E-state index contributed by atoms with van der Waals surface area (Å²) >= 11 is 1.29. The number of amides is 1. The van der Waals surface area contributed by atoms with E-state index in [2.05, 4.69) is 10.3 Å². The van der Waals surface area contributed by atoms with Crippen molar-refractivity contribution < 1.29 is 19.5 Å². The molecule has 0 saturated carbocycles. The summed E-state index contributed by atoms with van der Waals surface area (Å²) in [7, 11) is 0. The standard InChI is InChI=1S/C18H20N2O4S/c1-10-16(12(3)21)11(2)19-17(10)18(24)20-14-6-4-5-13(7-14)8-25-9-15(22)23/h4-7,19H,8-9H2,1-3H3,(H,20,24)(H,22,23). The first-order valence-electron chi connectivity index (χ1n) is 7.69. The molecule has 0 unspecified atom stereocenters. The van der Waals surface area contributed by atoms with Crippen molar-refractivity contribution >= 4 is 35.1 Å². The number of aromatic nitrogens is 1. The summed E-state index contributed by atoms with van der Waals surface area (Å²) in [6, 6.07) is 7.26. The maximum Gasteiger partial charge on any atom is 0.313 e. The number of thioether (sulfide) groups is 1. The third kappa shape index (κ3) is 4.73. The number of ketones is 1. The van der Waals surface area contributed by atoms with Crippen molar-refractivity contribution in [3.8, 4) is 0 Å². The first-order valence-corrected chi connectivity index (χ1v) is 8.85. The Morgan fingerprint density at radius 2 is 1.96 bits per heavy atom. The van der Waals surface area contributed by atoms with Crippen molar-refractivity contribution in [2.45, 2.75) is 26.5 Å². The Kier molecular flexibility index (Phi) is 6.03. The van der Waals surface area contributed by atoms with Crippen LogP contribution in [0.4, 0.5) is 5.69 Å². The maximum absolute atomic E-state index is 12.5. The van der Waals surface area contributed by atoms with Gasteiger partial charge in [-0.15, -0.1) is 11.8 Å². The minimum atomic E-state index is -0.853. The number of hydrogen-bond acceptors (Lipinski definition) is 4. The number of H-pyrrole nitrogens is 1. The van der Waals surface area contributed by atoms with E-state index in [-0.39, 0.29) is 17.4 Å². The molecular formula is C18H20N2O4S. The van der Waals surface area contributed by atoms with Gasteiger partial charge in [0.2, 0.25) is 0 Å². The molecule has 0 atom stereocenters. The van der Waals surface area contributed by atoms with E-state index in [9.17, 15) is 14.4 Å². The zero-order chi connectivity index (χ0) is 18.6. The molecule has 2 rings (SSSR count). The van der Waals surface area contributed by atoms with E-state index in [1.54, 1.807) is 26.0 Å². The molecule has 0 bridgehead atoms. The lowest BCUT2D eigenvalue weighted by Gasteiger charge is -2.07. The number of rotatable bonds is 7. The summed E-state index contributed by atoms with van der Waals surface area (Å²) in [6.45, 7) is 4.98. The summed E-state index contributed by atoms with van der Waals surface area (Å²) in [5, 5.41) is 11.5. The molecule has 0 saturated heterocycles. The minimum absolute atomic E-state index is 0.0331. The molecule has 0 spiro atoms. The number of Topliss-reactive ketones (excluding diaryl/α,β-unsaturated/α-hetero) is 1. The van der Waals surface area contributed by atoms with E-state index in [0.29, 0.717) is 34.0 Å². The van der Waals surface area contributed by atoms with E-state index in [4.69, 9.17) is 5.11 Å². The number of carboxylic acids is 1. The van der Waals surface area contributed by atoms with Gasteiger partial charge in [0.1, 0.15) is 5.69 Å². The number of aromatic amines is 1. The van der Waals surface area contributed by atoms with E-state index < -0.39 is 5.97 Å². The molecule has 7 heteroatoms. The van der Waals surface area contributed by atoms with Gasteiger partial charge in [0.05, 0.1) is 5.75 Å². The molecule has 1 heterocycles. The first kappa shape index (κ1) is 18.8. The van der Waals surface area contributed by atoms with Crippen molar-refractivity contribution in [1.29, 1.82) is 0 Å². The van der Waals surface area contributed by atoms with Gasteiger partial charge in [-0.1, -0.05) is 12.1 Å². The van der Waals surface area contributed by atoms with Gasteiger partial charge in [-0.3, -0.25) is 14.4 Å². The molecule has 0 fully saturated rings. The predicted octanol–water partition coefficient (Wildman–Crippen LogP) is 3.40. The van der Waals surface area contributed by atoms with Crippen molar-refractivity contribution in [2.24, 2.45) is 0 Å². The second-order valence-electron chi connectivity index (χ2n) is 5.72. The number of benzene rings is 1. The average molecular weight is 360 g/mol. The third-order valence-electron chi connectivity index (χ3n) is 3.70. The lowest BCUT2D eigenvalue weighted by molar-refractivity contribution is -0.133. The fourth-order valence-electron chi connectivity index (χ4n) is 2.69. The SMILES string of the molecule is CC(=O)c1c(C)[nH]c(C(=O)Nc2cccc(CSCC(=O)O)c2)c1C. The van der Waals surface area contributed by atoms with Crippen molar-refractivity contribution in [1.82, 2.24) is 4.98 Å². The Morgan fingerprint density at radius 3 is 2.56 bits per heavy atom. The highest BCUT2D eigenvalue weighted by Gasteiger charge is 2.19. The van der Waals surface area contributed by atoms with Crippen LogP contribution in [0.2, 0.25) is 0 Å². The summed E-state index contributed by atoms with van der Waals surface area (Å²) in [4.78, 5) is 37.7. The molecule has 1 aromatic carbocycles. The number of aryl methyl sites for hydroxylation is 1. The zero-order valence-electron chi connectivity index (χ0n) is 14.3. The molecule has 132 valence electrons. The van der Waals surface area contributed by atoms with Crippen LogP contribution in [0.25, 0.3) is 0 Å². The Hall–Kier alpha value is -2.54. The van der Waals surface area contributed by atoms with E-state index in [1.807, 2.05) is 12.1 Å². The van der Waals surface area contributed by atoms with Crippen LogP contribution in [-0.4, -0.2) is 33.5 Å². The topological polar surface area (TPSA) is 99.3 Å². The minimum Gasteiger partial charge on any atom is -0.481 e. The van der Waals surface area contributed by atoms with Crippen LogP contribution < -0.4 is 5.32 Å². The van der Waals surface area contributed by atoms with Gasteiger partial charge in [-0.2, -0.15) is 0 Å². The molecule has 2 aromatic rings. The largest absolute Gasteiger partial charge is 0.481 e. The van der Waals surface area contributed by atoms with Gasteiger partial charge in [0, 0.05) is 22.7 Å². The molecule has 6 nitrogen and oxygen atoms in total. The number of carboxylic acid groups (broad SMARTS) is 1. The van der Waals surface area contributed by atoms with Gasteiger partial charge < -0.3 is 15.4 Å². The third-order valence-corrected chi connectivity index (χ3v) is 4.68. The van der Waals surface area contributed by atoms with Gasteiger partial charge in [-0.25, -0.2) is 0 Å². The van der Waals surface area contributed by atoms with Crippen LogP contribution in [0.1, 0.15) is 44.6 Å². The summed E-state index contributed by atoms with van der Waals surface area (Å²) in [5.41, 5.74) is 3.77. The lowest BCUT2D eigenvalue weighted by atomic mass is 10.1. The highest BCUT2D eigenvalue weighted by atomic mass is 32.2. The molecule has 0 aliphatic carbocycles. The van der Waals surface area contributed by atoms with E-state index in [1.165, 1.54) is 18.7 Å². The first-order chi connectivity index (χ1) is 11.8. The number of aliphatic carboxylic acids is 1. The fraction of sp³-hybridized carbons (Fsp3) is 0.278. The number of carbonyl (C=O) groups excluding carboxylic acids is 2. The second-order valence-corrected chi connectivity index (χ2v) is 6.71. The van der Waals surface area contributed by atoms with Crippen molar-refractivity contribution in [2.75, 3.05) is 11.1 Å². The summed E-state index contributed by atoms with van der Waals surface area (Å²) in [6.07, 6.45) is 0. The molecule has 25 heavy (non-hydrogen) atoms. The van der Waals surface area contributed by atoms with Crippen molar-refractivity contribution in [3.63, 3.8) is 0 Å². The quantitative estimate of drug-likeness (QED) is 0.657. The van der Waals surface area contributed by atoms with Gasteiger partial charge in [-0.05, 0) is 44.0 Å². The Bertz CT molecular complexity index is 826. The fourth-order valence-corrected chi connectivity index (χ4v) is 3.39. The van der Waals surface area contributed by atoms with Crippen LogP contribution in [-0.2, 0) is 10.5 Å².